The summed E-state index contributed by atoms with van der Waals surface area (Å²) in [5, 5.41) is 14.5. The van der Waals surface area contributed by atoms with Gasteiger partial charge in [0.05, 0.1) is 6.04 Å². The van der Waals surface area contributed by atoms with Gasteiger partial charge in [-0.25, -0.2) is 4.98 Å². The molecule has 1 heterocycles. The van der Waals surface area contributed by atoms with Gasteiger partial charge >= 0.3 is 0 Å². The molecule has 0 bridgehead atoms. The van der Waals surface area contributed by atoms with Gasteiger partial charge in [0.25, 0.3) is 0 Å². The van der Waals surface area contributed by atoms with Crippen LogP contribution in [0.2, 0.25) is 0 Å². The predicted molar refractivity (Wildman–Crippen MR) is 79.7 cm³/mol. The van der Waals surface area contributed by atoms with E-state index in [1.54, 1.807) is 17.4 Å². The van der Waals surface area contributed by atoms with Crippen molar-refractivity contribution in [1.82, 2.24) is 10.3 Å². The van der Waals surface area contributed by atoms with Crippen LogP contribution >= 0.6 is 11.3 Å². The van der Waals surface area contributed by atoms with E-state index in [9.17, 15) is 5.11 Å². The summed E-state index contributed by atoms with van der Waals surface area (Å²) in [7, 11) is 0. The van der Waals surface area contributed by atoms with E-state index < -0.39 is 0 Å². The molecule has 3 nitrogen and oxygen atoms in total. The summed E-state index contributed by atoms with van der Waals surface area (Å²) in [5.41, 5.74) is 2.08. The van der Waals surface area contributed by atoms with Crippen molar-refractivity contribution in [3.05, 3.63) is 45.4 Å². The number of aromatic hydroxyl groups is 1. The van der Waals surface area contributed by atoms with E-state index >= 15 is 0 Å². The SMILES string of the molecule is Cc1ccc(O)c(C(C)NC(C)c2ncc(C)s2)c1. The number of benzene rings is 1. The third-order valence-electron chi connectivity index (χ3n) is 3.16. The number of nitrogens with zero attached hydrogens (tertiary/aromatic N) is 1. The molecule has 19 heavy (non-hydrogen) atoms. The van der Waals surface area contributed by atoms with Crippen LogP contribution in [0.5, 0.6) is 5.75 Å². The Hall–Kier alpha value is -1.39. The van der Waals surface area contributed by atoms with Crippen molar-refractivity contribution in [2.24, 2.45) is 0 Å². The molecule has 0 aliphatic rings. The summed E-state index contributed by atoms with van der Waals surface area (Å²) in [6.45, 7) is 8.25. The van der Waals surface area contributed by atoms with Gasteiger partial charge in [-0.05, 0) is 33.8 Å². The fourth-order valence-corrected chi connectivity index (χ4v) is 2.91. The normalized spacial score (nSPS) is 14.3. The average Bonchev–Trinajstić information content (AvgIpc) is 2.79. The predicted octanol–water partition coefficient (Wildman–Crippen LogP) is 3.88. The van der Waals surface area contributed by atoms with Gasteiger partial charge < -0.3 is 10.4 Å². The first kappa shape index (κ1) is 14.0. The number of nitrogens with one attached hydrogen (secondary N) is 1. The van der Waals surface area contributed by atoms with Crippen molar-refractivity contribution in [3.63, 3.8) is 0 Å². The lowest BCUT2D eigenvalue weighted by molar-refractivity contribution is 0.438. The van der Waals surface area contributed by atoms with Gasteiger partial charge in [-0.15, -0.1) is 11.3 Å². The first-order valence-electron chi connectivity index (χ1n) is 6.45. The van der Waals surface area contributed by atoms with Crippen molar-refractivity contribution >= 4 is 11.3 Å². The van der Waals surface area contributed by atoms with Crippen molar-refractivity contribution < 1.29 is 5.11 Å². The summed E-state index contributed by atoms with van der Waals surface area (Å²) in [5.74, 6) is 0.341. The number of phenols is 1. The Morgan fingerprint density at radius 1 is 1.21 bits per heavy atom. The van der Waals surface area contributed by atoms with Crippen LogP contribution in [0, 0.1) is 13.8 Å². The zero-order valence-corrected chi connectivity index (χ0v) is 12.6. The molecule has 0 radical (unpaired) electrons. The second-order valence-electron chi connectivity index (χ2n) is 4.98. The van der Waals surface area contributed by atoms with Crippen LogP contribution in [0.1, 0.15) is 46.9 Å². The minimum absolute atomic E-state index is 0.0825. The first-order valence-corrected chi connectivity index (χ1v) is 7.27. The van der Waals surface area contributed by atoms with Crippen LogP contribution in [0.15, 0.2) is 24.4 Å². The standard InChI is InChI=1S/C15H20N2OS/c1-9-5-6-14(18)13(7-9)11(3)17-12(4)15-16-8-10(2)19-15/h5-8,11-12,17-18H,1-4H3. The smallest absolute Gasteiger partial charge is 0.120 e. The molecule has 102 valence electrons. The highest BCUT2D eigenvalue weighted by Crippen LogP contribution is 2.28. The molecule has 1 aromatic heterocycles. The van der Waals surface area contributed by atoms with Crippen molar-refractivity contribution in [2.45, 2.75) is 39.8 Å². The topological polar surface area (TPSA) is 45.1 Å². The van der Waals surface area contributed by atoms with Gasteiger partial charge in [-0.3, -0.25) is 0 Å². The van der Waals surface area contributed by atoms with Crippen molar-refractivity contribution in [1.29, 1.82) is 0 Å². The fourth-order valence-electron chi connectivity index (χ4n) is 2.13. The highest BCUT2D eigenvalue weighted by atomic mass is 32.1. The lowest BCUT2D eigenvalue weighted by Crippen LogP contribution is -2.22. The molecule has 2 aromatic rings. The molecule has 0 saturated carbocycles. The quantitative estimate of drug-likeness (QED) is 0.891. The van der Waals surface area contributed by atoms with Gasteiger partial charge in [-0.1, -0.05) is 17.7 Å². The maximum absolute atomic E-state index is 9.94. The molecule has 0 aliphatic carbocycles. The van der Waals surface area contributed by atoms with Crippen molar-refractivity contribution in [2.75, 3.05) is 0 Å². The first-order chi connectivity index (χ1) is 8.97. The number of hydrogen-bond donors (Lipinski definition) is 2. The second kappa shape index (κ2) is 5.72. The van der Waals surface area contributed by atoms with Gasteiger partial charge in [0.2, 0.25) is 0 Å². The van der Waals surface area contributed by atoms with Crippen LogP contribution in [-0.2, 0) is 0 Å². The van der Waals surface area contributed by atoms with E-state index in [-0.39, 0.29) is 12.1 Å². The van der Waals surface area contributed by atoms with E-state index in [2.05, 4.69) is 31.1 Å². The van der Waals surface area contributed by atoms with Gasteiger partial charge in [-0.2, -0.15) is 0 Å². The molecule has 4 heteroatoms. The van der Waals surface area contributed by atoms with Crippen LogP contribution in [0.25, 0.3) is 0 Å². The minimum atomic E-state index is 0.0825. The van der Waals surface area contributed by atoms with Crippen LogP contribution in [0.3, 0.4) is 0 Å². The van der Waals surface area contributed by atoms with E-state index in [1.165, 1.54) is 4.88 Å². The van der Waals surface area contributed by atoms with Gasteiger partial charge in [0.15, 0.2) is 0 Å². The molecule has 0 aliphatic heterocycles. The Bertz CT molecular complexity index is 565. The number of rotatable bonds is 4. The van der Waals surface area contributed by atoms with Gasteiger partial charge in [0.1, 0.15) is 10.8 Å². The summed E-state index contributed by atoms with van der Waals surface area (Å²) >= 11 is 1.70. The summed E-state index contributed by atoms with van der Waals surface area (Å²) in [4.78, 5) is 5.61. The molecule has 1 aromatic carbocycles. The second-order valence-corrected chi connectivity index (χ2v) is 6.25. The number of hydrogen-bond acceptors (Lipinski definition) is 4. The zero-order chi connectivity index (χ0) is 14.0. The summed E-state index contributed by atoms with van der Waals surface area (Å²) < 4.78 is 0. The molecular weight excluding hydrogens is 256 g/mol. The minimum Gasteiger partial charge on any atom is -0.508 e. The Morgan fingerprint density at radius 3 is 2.58 bits per heavy atom. The van der Waals surface area contributed by atoms with E-state index in [0.29, 0.717) is 5.75 Å². The zero-order valence-electron chi connectivity index (χ0n) is 11.8. The molecule has 2 N–H and O–H groups in total. The highest BCUT2D eigenvalue weighted by Gasteiger charge is 2.16. The fraction of sp³-hybridized carbons (Fsp3) is 0.400. The Kier molecular flexibility index (Phi) is 4.22. The summed E-state index contributed by atoms with van der Waals surface area (Å²) in [6, 6.07) is 5.94. The maximum atomic E-state index is 9.94. The van der Waals surface area contributed by atoms with Gasteiger partial charge in [0, 0.05) is 22.7 Å². The van der Waals surface area contributed by atoms with E-state index in [4.69, 9.17) is 0 Å². The van der Waals surface area contributed by atoms with Crippen LogP contribution in [-0.4, -0.2) is 10.1 Å². The third-order valence-corrected chi connectivity index (χ3v) is 4.25. The molecular formula is C15H20N2OS. The van der Waals surface area contributed by atoms with E-state index in [0.717, 1.165) is 16.1 Å². The Labute approximate surface area is 118 Å². The Balaban J connectivity index is 2.12. The molecule has 2 rings (SSSR count). The average molecular weight is 276 g/mol. The molecule has 0 spiro atoms. The largest absolute Gasteiger partial charge is 0.508 e. The lowest BCUT2D eigenvalue weighted by atomic mass is 10.0. The molecule has 2 atom stereocenters. The number of aryl methyl sites for hydroxylation is 2. The molecule has 2 unspecified atom stereocenters. The van der Waals surface area contributed by atoms with Crippen LogP contribution < -0.4 is 5.32 Å². The molecule has 0 saturated heterocycles. The number of thiazole rings is 1. The highest BCUT2D eigenvalue weighted by molar-refractivity contribution is 7.11. The van der Waals surface area contributed by atoms with E-state index in [1.807, 2.05) is 25.3 Å². The molecule has 0 amide bonds. The molecule has 0 fully saturated rings. The summed E-state index contributed by atoms with van der Waals surface area (Å²) in [6.07, 6.45) is 1.90. The number of phenolic OH excluding ortho intramolecular Hbond substituents is 1. The third kappa shape index (κ3) is 3.33. The number of aromatic nitrogens is 1. The van der Waals surface area contributed by atoms with Crippen molar-refractivity contribution in [3.8, 4) is 5.75 Å². The van der Waals surface area contributed by atoms with Crippen LogP contribution in [0.4, 0.5) is 0 Å². The maximum Gasteiger partial charge on any atom is 0.120 e. The Morgan fingerprint density at radius 2 is 1.95 bits per heavy atom. The monoisotopic (exact) mass is 276 g/mol. The lowest BCUT2D eigenvalue weighted by Gasteiger charge is -2.20.